The maximum absolute atomic E-state index is 11.2. The van der Waals surface area contributed by atoms with Crippen LogP contribution in [0.1, 0.15) is 73.1 Å². The van der Waals surface area contributed by atoms with Gasteiger partial charge in [-0.15, -0.1) is 0 Å². The van der Waals surface area contributed by atoms with Gasteiger partial charge in [0.05, 0.1) is 16.8 Å². The fourth-order valence-corrected chi connectivity index (χ4v) is 4.47. The van der Waals surface area contributed by atoms with Crippen molar-refractivity contribution in [3.63, 3.8) is 0 Å². The van der Waals surface area contributed by atoms with Gasteiger partial charge >= 0.3 is 0 Å². The van der Waals surface area contributed by atoms with Crippen LogP contribution in [0.2, 0.25) is 0 Å². The minimum atomic E-state index is -0.504. The lowest BCUT2D eigenvalue weighted by Gasteiger charge is -2.45. The summed E-state index contributed by atoms with van der Waals surface area (Å²) in [7, 11) is 0. The molecule has 1 saturated heterocycles. The van der Waals surface area contributed by atoms with E-state index in [-0.39, 0.29) is 17.1 Å². The second-order valence-corrected chi connectivity index (χ2v) is 7.70. The number of rotatable bonds is 2. The molecule has 2 fully saturated rings. The van der Waals surface area contributed by atoms with Crippen molar-refractivity contribution in [2.75, 3.05) is 0 Å². The molecular formula is C16H30O2. The molecule has 0 aromatic carbocycles. The number of hydrogen-bond donors (Lipinski definition) is 1. The first kappa shape index (κ1) is 14.3. The quantitative estimate of drug-likeness (QED) is 0.809. The van der Waals surface area contributed by atoms with Gasteiger partial charge in [0.25, 0.3) is 0 Å². The smallest absolute Gasteiger partial charge is 0.0706 e. The molecule has 2 aliphatic rings. The summed E-state index contributed by atoms with van der Waals surface area (Å²) in [5, 5.41) is 11.2. The molecule has 1 N–H and O–H groups in total. The highest BCUT2D eigenvalue weighted by atomic mass is 16.5. The summed E-state index contributed by atoms with van der Waals surface area (Å²) in [5.74, 6) is 0.970. The van der Waals surface area contributed by atoms with E-state index in [4.69, 9.17) is 4.74 Å². The molecule has 0 bridgehead atoms. The first-order valence-electron chi connectivity index (χ1n) is 7.61. The van der Waals surface area contributed by atoms with Crippen molar-refractivity contribution in [3.05, 3.63) is 0 Å². The fourth-order valence-electron chi connectivity index (χ4n) is 4.47. The molecule has 1 heterocycles. The lowest BCUT2D eigenvalue weighted by atomic mass is 9.65. The molecule has 0 aromatic heterocycles. The van der Waals surface area contributed by atoms with E-state index in [1.54, 1.807) is 0 Å². The van der Waals surface area contributed by atoms with Crippen LogP contribution >= 0.6 is 0 Å². The van der Waals surface area contributed by atoms with Gasteiger partial charge in [-0.3, -0.25) is 0 Å². The summed E-state index contributed by atoms with van der Waals surface area (Å²) in [6.45, 7) is 10.9. The standard InChI is InChI=1S/C16H30O2/c1-6-12-8-7-9-16(17,10-12)13-11-14(2,3)18-15(13,4)5/h12-13,17H,6-11H2,1-5H3. The zero-order valence-electron chi connectivity index (χ0n) is 12.8. The highest BCUT2D eigenvalue weighted by Gasteiger charge is 2.55. The van der Waals surface area contributed by atoms with Crippen LogP contribution < -0.4 is 0 Å². The van der Waals surface area contributed by atoms with Crippen molar-refractivity contribution in [3.8, 4) is 0 Å². The molecule has 0 aromatic rings. The molecule has 1 aliphatic carbocycles. The highest BCUT2D eigenvalue weighted by molar-refractivity contribution is 5.05. The number of hydrogen-bond acceptors (Lipinski definition) is 2. The fraction of sp³-hybridized carbons (Fsp3) is 1.00. The Labute approximate surface area is 112 Å². The van der Waals surface area contributed by atoms with Crippen LogP contribution in [-0.4, -0.2) is 21.9 Å². The average molecular weight is 254 g/mol. The van der Waals surface area contributed by atoms with Crippen LogP contribution in [0.4, 0.5) is 0 Å². The van der Waals surface area contributed by atoms with Crippen molar-refractivity contribution in [1.29, 1.82) is 0 Å². The molecule has 0 radical (unpaired) electrons. The molecule has 2 nitrogen and oxygen atoms in total. The zero-order chi connectivity index (χ0) is 13.6. The molecule has 3 unspecified atom stereocenters. The van der Waals surface area contributed by atoms with E-state index in [0.29, 0.717) is 5.92 Å². The zero-order valence-corrected chi connectivity index (χ0v) is 12.8. The van der Waals surface area contributed by atoms with Gasteiger partial charge in [0.1, 0.15) is 0 Å². The van der Waals surface area contributed by atoms with Gasteiger partial charge in [-0.2, -0.15) is 0 Å². The molecule has 106 valence electrons. The Bertz CT molecular complexity index is 308. The molecule has 18 heavy (non-hydrogen) atoms. The molecule has 0 spiro atoms. The highest BCUT2D eigenvalue weighted by Crippen LogP contribution is 2.52. The van der Waals surface area contributed by atoms with E-state index in [1.807, 2.05) is 0 Å². The van der Waals surface area contributed by atoms with Gasteiger partial charge in [-0.1, -0.05) is 26.2 Å². The van der Waals surface area contributed by atoms with Crippen LogP contribution in [0.25, 0.3) is 0 Å². The summed E-state index contributed by atoms with van der Waals surface area (Å²) in [4.78, 5) is 0. The maximum Gasteiger partial charge on any atom is 0.0706 e. The van der Waals surface area contributed by atoms with Crippen molar-refractivity contribution in [2.45, 2.75) is 89.9 Å². The monoisotopic (exact) mass is 254 g/mol. The second-order valence-electron chi connectivity index (χ2n) is 7.70. The van der Waals surface area contributed by atoms with Crippen LogP contribution in [0.5, 0.6) is 0 Å². The van der Waals surface area contributed by atoms with Gasteiger partial charge in [0.15, 0.2) is 0 Å². The van der Waals surface area contributed by atoms with Crippen molar-refractivity contribution >= 4 is 0 Å². The van der Waals surface area contributed by atoms with E-state index >= 15 is 0 Å². The van der Waals surface area contributed by atoms with Gasteiger partial charge < -0.3 is 9.84 Å². The Hall–Kier alpha value is -0.0800. The first-order chi connectivity index (χ1) is 8.19. The lowest BCUT2D eigenvalue weighted by molar-refractivity contribution is -0.130. The van der Waals surface area contributed by atoms with Gasteiger partial charge in [-0.05, 0) is 52.9 Å². The summed E-state index contributed by atoms with van der Waals surface area (Å²) in [6.07, 6.45) is 6.55. The number of aliphatic hydroxyl groups is 1. The van der Waals surface area contributed by atoms with Crippen molar-refractivity contribution in [1.82, 2.24) is 0 Å². The Morgan fingerprint density at radius 1 is 1.17 bits per heavy atom. The van der Waals surface area contributed by atoms with Crippen LogP contribution in [0, 0.1) is 11.8 Å². The summed E-state index contributed by atoms with van der Waals surface area (Å²) in [5.41, 5.74) is -0.798. The summed E-state index contributed by atoms with van der Waals surface area (Å²) < 4.78 is 6.18. The summed E-state index contributed by atoms with van der Waals surface area (Å²) in [6, 6.07) is 0. The third-order valence-electron chi connectivity index (χ3n) is 5.16. The van der Waals surface area contributed by atoms with Crippen molar-refractivity contribution in [2.24, 2.45) is 11.8 Å². The first-order valence-corrected chi connectivity index (χ1v) is 7.61. The van der Waals surface area contributed by atoms with Crippen LogP contribution in [0.15, 0.2) is 0 Å². The minimum absolute atomic E-state index is 0.0942. The third kappa shape index (κ3) is 2.60. The van der Waals surface area contributed by atoms with E-state index in [1.165, 1.54) is 19.3 Å². The molecule has 1 saturated carbocycles. The van der Waals surface area contributed by atoms with Crippen LogP contribution in [-0.2, 0) is 4.74 Å². The molecule has 0 amide bonds. The van der Waals surface area contributed by atoms with Crippen LogP contribution in [0.3, 0.4) is 0 Å². The molecule has 2 rings (SSSR count). The summed E-state index contributed by atoms with van der Waals surface area (Å²) >= 11 is 0. The van der Waals surface area contributed by atoms with Gasteiger partial charge in [0, 0.05) is 5.92 Å². The molecule has 1 aliphatic heterocycles. The Morgan fingerprint density at radius 2 is 1.83 bits per heavy atom. The normalized spacial score (nSPS) is 43.0. The van der Waals surface area contributed by atoms with Crippen molar-refractivity contribution < 1.29 is 9.84 Å². The second kappa shape index (κ2) is 4.49. The predicted octanol–water partition coefficient (Wildman–Crippen LogP) is 3.91. The molecule has 2 heteroatoms. The minimum Gasteiger partial charge on any atom is -0.389 e. The molecule has 3 atom stereocenters. The molecular weight excluding hydrogens is 224 g/mol. The van der Waals surface area contributed by atoms with E-state index in [9.17, 15) is 5.11 Å². The van der Waals surface area contributed by atoms with Gasteiger partial charge in [0.2, 0.25) is 0 Å². The third-order valence-corrected chi connectivity index (χ3v) is 5.16. The average Bonchev–Trinajstić information content (AvgIpc) is 2.47. The van der Waals surface area contributed by atoms with E-state index < -0.39 is 5.60 Å². The largest absolute Gasteiger partial charge is 0.389 e. The Kier molecular flexibility index (Phi) is 3.57. The Balaban J connectivity index is 2.19. The van der Waals surface area contributed by atoms with Gasteiger partial charge in [-0.25, -0.2) is 0 Å². The topological polar surface area (TPSA) is 29.5 Å². The van der Waals surface area contributed by atoms with E-state index in [2.05, 4.69) is 34.6 Å². The maximum atomic E-state index is 11.2. The predicted molar refractivity (Wildman–Crippen MR) is 74.5 cm³/mol. The SMILES string of the molecule is CCC1CCCC(O)(C2CC(C)(C)OC2(C)C)C1. The number of ether oxygens (including phenoxy) is 1. The van der Waals surface area contributed by atoms with E-state index in [0.717, 1.165) is 19.3 Å². The lowest BCUT2D eigenvalue weighted by Crippen LogP contribution is -2.49. The Morgan fingerprint density at radius 3 is 2.33 bits per heavy atom.